The lowest BCUT2D eigenvalue weighted by Crippen LogP contribution is -2.07. The molecule has 0 saturated carbocycles. The average molecular weight is 291 g/mol. The van der Waals surface area contributed by atoms with E-state index in [1.165, 1.54) is 17.3 Å². The summed E-state index contributed by atoms with van der Waals surface area (Å²) in [7, 11) is 0. The number of carbonyl (C=O) groups excluding carboxylic acids is 1. The van der Waals surface area contributed by atoms with E-state index in [-0.39, 0.29) is 10.5 Å². The zero-order chi connectivity index (χ0) is 12.0. The Bertz CT molecular complexity index is 367. The topological polar surface area (TPSA) is 17.1 Å². The average Bonchev–Trinajstić information content (AvgIpc) is 2.27. The van der Waals surface area contributed by atoms with E-state index < -0.39 is 0 Å². The molecule has 0 bridgehead atoms. The van der Waals surface area contributed by atoms with Gasteiger partial charge in [-0.3, -0.25) is 4.79 Å². The normalized spacial score (nSPS) is 12.1. The molecule has 0 fully saturated rings. The van der Waals surface area contributed by atoms with Crippen molar-refractivity contribution in [3.63, 3.8) is 0 Å². The number of rotatable bonds is 4. The molecule has 86 valence electrons. The quantitative estimate of drug-likeness (QED) is 0.613. The number of hydrogen-bond donors (Lipinski definition) is 0. The molecular formula is C11H11ClOS3. The maximum atomic E-state index is 10.8. The van der Waals surface area contributed by atoms with Crippen molar-refractivity contribution in [2.75, 3.05) is 0 Å². The Morgan fingerprint density at radius 2 is 2.06 bits per heavy atom. The molecule has 0 aliphatic carbocycles. The molecule has 0 unspecified atom stereocenters. The Morgan fingerprint density at radius 1 is 1.44 bits per heavy atom. The van der Waals surface area contributed by atoms with Gasteiger partial charge in [-0.25, -0.2) is 0 Å². The highest BCUT2D eigenvalue weighted by Crippen LogP contribution is 2.25. The van der Waals surface area contributed by atoms with Gasteiger partial charge in [-0.1, -0.05) is 54.3 Å². The summed E-state index contributed by atoms with van der Waals surface area (Å²) >= 11 is 13.4. The third kappa shape index (κ3) is 5.34. The van der Waals surface area contributed by atoms with Crippen LogP contribution in [0.25, 0.3) is 0 Å². The van der Waals surface area contributed by atoms with E-state index in [0.29, 0.717) is 0 Å². The van der Waals surface area contributed by atoms with Crippen LogP contribution in [0, 0.1) is 0 Å². The lowest BCUT2D eigenvalue weighted by Gasteiger charge is -2.06. The van der Waals surface area contributed by atoms with Crippen molar-refractivity contribution in [1.29, 1.82) is 0 Å². The van der Waals surface area contributed by atoms with E-state index in [2.05, 4.69) is 12.1 Å². The molecule has 0 saturated heterocycles. The molecule has 0 N–H and O–H groups in total. The Hall–Kier alpha value is -0.0300. The fourth-order valence-corrected chi connectivity index (χ4v) is 3.42. The van der Waals surface area contributed by atoms with Crippen LogP contribution in [0.2, 0.25) is 0 Å². The summed E-state index contributed by atoms with van der Waals surface area (Å²) in [6, 6.07) is 10.1. The second-order valence-electron chi connectivity index (χ2n) is 3.09. The van der Waals surface area contributed by atoms with Crippen LogP contribution in [0.4, 0.5) is 0 Å². The molecule has 1 rings (SSSR count). The lowest BCUT2D eigenvalue weighted by atomic mass is 10.2. The van der Waals surface area contributed by atoms with Crippen molar-refractivity contribution in [3.8, 4) is 0 Å². The predicted molar refractivity (Wildman–Crippen MR) is 78.2 cm³/mol. The highest BCUT2D eigenvalue weighted by molar-refractivity contribution is 8.47. The van der Waals surface area contributed by atoms with Crippen LogP contribution in [-0.2, 0) is 10.5 Å². The summed E-state index contributed by atoms with van der Waals surface area (Å²) in [5, 5.41) is -0.620. The molecule has 0 aliphatic rings. The van der Waals surface area contributed by atoms with Gasteiger partial charge < -0.3 is 0 Å². The first-order chi connectivity index (χ1) is 7.59. The Morgan fingerprint density at radius 3 is 2.62 bits per heavy atom. The lowest BCUT2D eigenvalue weighted by molar-refractivity contribution is -0.110. The standard InChI is InChI=1S/C11H11ClOS3/c1-8(10(12)13)16-11(14)15-7-9-5-3-2-4-6-9/h2-6,8H,7H2,1H3/t8-/m0/s1. The minimum Gasteiger partial charge on any atom is -0.280 e. The zero-order valence-corrected chi connectivity index (χ0v) is 11.9. The van der Waals surface area contributed by atoms with Crippen molar-refractivity contribution in [3.05, 3.63) is 35.9 Å². The molecule has 5 heteroatoms. The van der Waals surface area contributed by atoms with Gasteiger partial charge in [-0.15, -0.1) is 11.8 Å². The Kier molecular flexibility index (Phi) is 6.43. The maximum absolute atomic E-state index is 10.8. The van der Waals surface area contributed by atoms with Crippen LogP contribution in [0.3, 0.4) is 0 Å². The predicted octanol–water partition coefficient (Wildman–Crippen LogP) is 4.09. The smallest absolute Gasteiger partial charge is 0.234 e. The minimum atomic E-state index is -0.354. The summed E-state index contributed by atoms with van der Waals surface area (Å²) < 4.78 is 0.755. The molecule has 0 radical (unpaired) electrons. The van der Waals surface area contributed by atoms with Crippen molar-refractivity contribution < 1.29 is 4.79 Å². The first-order valence-corrected chi connectivity index (χ1v) is 7.31. The summed E-state index contributed by atoms with van der Waals surface area (Å²) in [5.41, 5.74) is 1.22. The van der Waals surface area contributed by atoms with Crippen LogP contribution < -0.4 is 0 Å². The van der Waals surface area contributed by atoms with Crippen molar-refractivity contribution >= 4 is 56.1 Å². The van der Waals surface area contributed by atoms with Crippen molar-refractivity contribution in [1.82, 2.24) is 0 Å². The van der Waals surface area contributed by atoms with Gasteiger partial charge in [0.2, 0.25) is 5.24 Å². The van der Waals surface area contributed by atoms with Crippen LogP contribution in [0.5, 0.6) is 0 Å². The van der Waals surface area contributed by atoms with Crippen LogP contribution in [-0.4, -0.2) is 14.0 Å². The first kappa shape index (κ1) is 14.0. The first-order valence-electron chi connectivity index (χ1n) is 4.66. The molecule has 0 aliphatic heterocycles. The second-order valence-corrected chi connectivity index (χ2v) is 6.98. The number of thiocarbonyl (C=S) groups is 1. The fraction of sp³-hybridized carbons (Fsp3) is 0.273. The minimum absolute atomic E-state index is 0.266. The Balaban J connectivity index is 2.33. The van der Waals surface area contributed by atoms with E-state index in [9.17, 15) is 4.79 Å². The van der Waals surface area contributed by atoms with E-state index in [4.69, 9.17) is 23.8 Å². The fourth-order valence-electron chi connectivity index (χ4n) is 0.941. The SMILES string of the molecule is C[C@H](SC(=S)SCc1ccccc1)C(=O)Cl. The number of hydrogen-bond acceptors (Lipinski definition) is 4. The summed E-state index contributed by atoms with van der Waals surface area (Å²) in [6.45, 7) is 1.76. The zero-order valence-electron chi connectivity index (χ0n) is 8.68. The number of benzene rings is 1. The molecule has 1 nitrogen and oxygen atoms in total. The number of halogens is 1. The highest BCUT2D eigenvalue weighted by Gasteiger charge is 2.13. The third-order valence-corrected chi connectivity index (χ3v) is 5.01. The molecule has 1 aromatic rings. The van der Waals surface area contributed by atoms with Crippen LogP contribution in [0.1, 0.15) is 12.5 Å². The summed E-state index contributed by atoms with van der Waals surface area (Å²) in [5.74, 6) is 0.829. The van der Waals surface area contributed by atoms with Gasteiger partial charge in [0.05, 0.1) is 5.25 Å². The third-order valence-electron chi connectivity index (χ3n) is 1.79. The van der Waals surface area contributed by atoms with E-state index in [0.717, 1.165) is 9.28 Å². The summed E-state index contributed by atoms with van der Waals surface area (Å²) in [6.07, 6.45) is 0. The van der Waals surface area contributed by atoms with Gasteiger partial charge in [-0.2, -0.15) is 0 Å². The van der Waals surface area contributed by atoms with E-state index >= 15 is 0 Å². The molecule has 1 atom stereocenters. The Labute approximate surface area is 114 Å². The van der Waals surface area contributed by atoms with Crippen LogP contribution in [0.15, 0.2) is 30.3 Å². The van der Waals surface area contributed by atoms with Gasteiger partial charge in [-0.05, 0) is 24.1 Å². The van der Waals surface area contributed by atoms with Crippen molar-refractivity contribution in [2.24, 2.45) is 0 Å². The molecule has 0 amide bonds. The van der Waals surface area contributed by atoms with Gasteiger partial charge in [0.15, 0.2) is 0 Å². The number of thioether (sulfide) groups is 2. The monoisotopic (exact) mass is 290 g/mol. The molecule has 0 spiro atoms. The van der Waals surface area contributed by atoms with E-state index in [1.54, 1.807) is 18.7 Å². The molecular weight excluding hydrogens is 280 g/mol. The largest absolute Gasteiger partial charge is 0.280 e. The van der Waals surface area contributed by atoms with E-state index in [1.807, 2.05) is 18.2 Å². The molecule has 1 aromatic carbocycles. The van der Waals surface area contributed by atoms with Gasteiger partial charge in [0.1, 0.15) is 3.53 Å². The highest BCUT2D eigenvalue weighted by atomic mass is 35.5. The van der Waals surface area contributed by atoms with Crippen molar-refractivity contribution in [2.45, 2.75) is 17.9 Å². The van der Waals surface area contributed by atoms with Gasteiger partial charge >= 0.3 is 0 Å². The van der Waals surface area contributed by atoms with Gasteiger partial charge in [0.25, 0.3) is 0 Å². The van der Waals surface area contributed by atoms with Crippen LogP contribution >= 0.6 is 47.3 Å². The number of carbonyl (C=O) groups is 1. The molecule has 16 heavy (non-hydrogen) atoms. The maximum Gasteiger partial charge on any atom is 0.234 e. The summed E-state index contributed by atoms with van der Waals surface area (Å²) in [4.78, 5) is 10.8. The van der Waals surface area contributed by atoms with Gasteiger partial charge in [0, 0.05) is 5.75 Å². The second kappa shape index (κ2) is 7.33. The molecule has 0 aromatic heterocycles. The molecule has 0 heterocycles.